The van der Waals surface area contributed by atoms with Crippen LogP contribution in [-0.4, -0.2) is 39.6 Å². The van der Waals surface area contributed by atoms with Gasteiger partial charge in [-0.2, -0.15) is 0 Å². The summed E-state index contributed by atoms with van der Waals surface area (Å²) in [5.74, 6) is 0.315. The molecule has 1 aromatic carbocycles. The normalized spacial score (nSPS) is 9.45. The molecule has 11 heavy (non-hydrogen) atoms. The fourth-order valence-corrected chi connectivity index (χ4v) is 1.06. The molecule has 0 bridgehead atoms. The Kier molecular flexibility index (Phi) is 2.60. The topological polar surface area (TPSA) is 36.0 Å². The first kappa shape index (κ1) is 8.65. The predicted octanol–water partition coefficient (Wildman–Crippen LogP) is 1.22. The Labute approximate surface area is 86.5 Å². The van der Waals surface area contributed by atoms with Gasteiger partial charge in [0.1, 0.15) is 5.75 Å². The molecule has 0 fully saturated rings. The van der Waals surface area contributed by atoms with E-state index in [2.05, 4.69) is 4.98 Å². The van der Waals surface area contributed by atoms with E-state index in [1.165, 1.54) is 0 Å². The Morgan fingerprint density at radius 3 is 2.64 bits per heavy atom. The zero-order valence-corrected chi connectivity index (χ0v) is 5.33. The quantitative estimate of drug-likeness (QED) is 0.554. The van der Waals surface area contributed by atoms with Gasteiger partial charge in [0.05, 0.1) is 0 Å². The van der Waals surface area contributed by atoms with E-state index < -0.39 is 0 Å². The van der Waals surface area contributed by atoms with Crippen molar-refractivity contribution in [3.63, 3.8) is 0 Å². The van der Waals surface area contributed by atoms with Gasteiger partial charge in [-0.1, -0.05) is 12.1 Å². The van der Waals surface area contributed by atoms with Crippen molar-refractivity contribution in [3.8, 4) is 5.75 Å². The van der Waals surface area contributed by atoms with Crippen LogP contribution in [0.15, 0.2) is 30.5 Å². The third-order valence-electron chi connectivity index (χ3n) is 1.57. The molecule has 0 saturated carbocycles. The Balaban J connectivity index is 0.000000605. The van der Waals surface area contributed by atoms with Crippen LogP contribution in [0.4, 0.5) is 0 Å². The Bertz CT molecular complexity index is 356. The van der Waals surface area contributed by atoms with Crippen LogP contribution in [0, 0.1) is 0 Å². The number of aromatic hydroxyl groups is 1. The molecule has 2 aromatic rings. The van der Waals surface area contributed by atoms with Crippen molar-refractivity contribution in [2.45, 2.75) is 0 Å². The first-order valence-corrected chi connectivity index (χ1v) is 3.13. The summed E-state index contributed by atoms with van der Waals surface area (Å²) >= 11 is 0. The number of fused-ring (bicyclic) bond motifs is 1. The molecule has 0 aliphatic heterocycles. The predicted molar refractivity (Wildman–Crippen MR) is 47.1 cm³/mol. The van der Waals surface area contributed by atoms with Crippen molar-refractivity contribution in [3.05, 3.63) is 30.5 Å². The summed E-state index contributed by atoms with van der Waals surface area (Å²) in [6, 6.07) is 7.63. The number of H-pyrrole nitrogens is 1. The molecule has 52 valence electrons. The van der Waals surface area contributed by atoms with Crippen LogP contribution < -0.4 is 0 Å². The number of rotatable bonds is 0. The fraction of sp³-hybridized carbons (Fsp3) is 0. The molecule has 0 aliphatic carbocycles. The molecule has 0 atom stereocenters. The van der Waals surface area contributed by atoms with Gasteiger partial charge in [0.25, 0.3) is 0 Å². The van der Waals surface area contributed by atoms with Gasteiger partial charge in [-0.05, 0) is 12.1 Å². The summed E-state index contributed by atoms with van der Waals surface area (Å²) in [4.78, 5) is 2.94. The average molecular weight is 157 g/mol. The molecule has 2 N–H and O–H groups in total. The summed E-state index contributed by atoms with van der Waals surface area (Å²) in [6.45, 7) is 0. The van der Waals surface area contributed by atoms with E-state index in [4.69, 9.17) is 0 Å². The number of nitrogens with one attached hydrogen (secondary N) is 1. The first-order chi connectivity index (χ1) is 4.88. The molecule has 0 radical (unpaired) electrons. The van der Waals surface area contributed by atoms with Crippen molar-refractivity contribution >= 4 is 40.5 Å². The van der Waals surface area contributed by atoms with E-state index in [0.717, 1.165) is 10.9 Å². The summed E-state index contributed by atoms with van der Waals surface area (Å²) in [6.07, 6.45) is 1.59. The number of hydrogen-bond donors (Lipinski definition) is 2. The molecule has 0 unspecified atom stereocenters. The maximum atomic E-state index is 9.18. The average Bonchev–Trinajstić information content (AvgIpc) is 2.34. The molecular formula is C8H8NNaO. The molecule has 0 amide bonds. The van der Waals surface area contributed by atoms with E-state index in [-0.39, 0.29) is 29.6 Å². The van der Waals surface area contributed by atoms with E-state index in [9.17, 15) is 5.11 Å². The first-order valence-electron chi connectivity index (χ1n) is 3.13. The summed E-state index contributed by atoms with van der Waals surface area (Å²) in [5.41, 5.74) is 0.972. The van der Waals surface area contributed by atoms with Crippen LogP contribution >= 0.6 is 0 Å². The van der Waals surface area contributed by atoms with Gasteiger partial charge in [-0.3, -0.25) is 0 Å². The van der Waals surface area contributed by atoms with Gasteiger partial charge in [-0.25, -0.2) is 0 Å². The molecule has 2 rings (SSSR count). The van der Waals surface area contributed by atoms with Crippen molar-refractivity contribution < 1.29 is 5.11 Å². The van der Waals surface area contributed by atoms with E-state index in [1.807, 2.05) is 24.3 Å². The van der Waals surface area contributed by atoms with Gasteiger partial charge in [-0.15, -0.1) is 0 Å². The maximum absolute atomic E-state index is 9.18. The molecule has 0 aliphatic rings. The van der Waals surface area contributed by atoms with Crippen molar-refractivity contribution in [2.24, 2.45) is 0 Å². The second-order valence-corrected chi connectivity index (χ2v) is 2.22. The van der Waals surface area contributed by atoms with Crippen LogP contribution in [0.25, 0.3) is 10.9 Å². The third kappa shape index (κ3) is 1.43. The minimum absolute atomic E-state index is 0. The summed E-state index contributed by atoms with van der Waals surface area (Å²) in [5, 5.41) is 10.1. The minimum atomic E-state index is 0. The van der Waals surface area contributed by atoms with Crippen LogP contribution in [0.1, 0.15) is 0 Å². The Morgan fingerprint density at radius 1 is 1.18 bits per heavy atom. The Morgan fingerprint density at radius 2 is 1.91 bits per heavy atom. The number of benzene rings is 1. The van der Waals surface area contributed by atoms with Crippen molar-refractivity contribution in [1.29, 1.82) is 0 Å². The molecule has 2 nitrogen and oxygen atoms in total. The molecule has 1 aromatic heterocycles. The van der Waals surface area contributed by atoms with E-state index in [1.54, 1.807) is 6.20 Å². The Hall–Kier alpha value is -0.440. The van der Waals surface area contributed by atoms with Crippen LogP contribution in [0.3, 0.4) is 0 Å². The fourth-order valence-electron chi connectivity index (χ4n) is 1.06. The van der Waals surface area contributed by atoms with Crippen molar-refractivity contribution in [1.82, 2.24) is 4.98 Å². The zero-order valence-electron chi connectivity index (χ0n) is 5.33. The van der Waals surface area contributed by atoms with Gasteiger partial charge < -0.3 is 10.1 Å². The molecular weight excluding hydrogens is 149 g/mol. The number of aromatic amines is 1. The van der Waals surface area contributed by atoms with Crippen LogP contribution in [0.2, 0.25) is 0 Å². The molecule has 3 heteroatoms. The summed E-state index contributed by atoms with van der Waals surface area (Å²) in [7, 11) is 0. The number of aromatic nitrogens is 1. The van der Waals surface area contributed by atoms with Gasteiger partial charge >= 0.3 is 29.6 Å². The zero-order chi connectivity index (χ0) is 6.97. The van der Waals surface area contributed by atoms with Crippen LogP contribution in [-0.2, 0) is 0 Å². The number of para-hydroxylation sites is 1. The number of hydrogen-bond acceptors (Lipinski definition) is 1. The third-order valence-corrected chi connectivity index (χ3v) is 1.57. The van der Waals surface area contributed by atoms with Gasteiger partial charge in [0.15, 0.2) is 0 Å². The monoisotopic (exact) mass is 157 g/mol. The van der Waals surface area contributed by atoms with Gasteiger partial charge in [0.2, 0.25) is 0 Å². The van der Waals surface area contributed by atoms with Crippen LogP contribution in [0.5, 0.6) is 5.75 Å². The molecule has 0 saturated heterocycles. The second-order valence-electron chi connectivity index (χ2n) is 2.22. The standard InChI is InChI=1S/C8H7NO.Na.H/c10-8-5-9-7-4-2-1-3-6(7)8;;/h1-5,9-10H;;. The molecule has 0 spiro atoms. The van der Waals surface area contributed by atoms with Crippen molar-refractivity contribution in [2.75, 3.05) is 0 Å². The van der Waals surface area contributed by atoms with E-state index >= 15 is 0 Å². The van der Waals surface area contributed by atoms with Gasteiger partial charge in [0, 0.05) is 17.1 Å². The van der Waals surface area contributed by atoms with E-state index in [0.29, 0.717) is 5.75 Å². The second kappa shape index (κ2) is 3.30. The summed E-state index contributed by atoms with van der Waals surface area (Å²) < 4.78 is 0. The molecule has 1 heterocycles. The SMILES string of the molecule is Oc1c[nH]c2ccccc12.[NaH].